The van der Waals surface area contributed by atoms with Crippen molar-refractivity contribution in [1.29, 1.82) is 0 Å². The average Bonchev–Trinajstić information content (AvgIpc) is 2.55. The molecule has 22 heavy (non-hydrogen) atoms. The molecule has 6 heteroatoms. The number of amides is 2. The molecule has 0 atom stereocenters. The second-order valence-electron chi connectivity index (χ2n) is 4.56. The van der Waals surface area contributed by atoms with Crippen molar-refractivity contribution >= 4 is 17.5 Å². The van der Waals surface area contributed by atoms with Crippen LogP contribution in [0, 0.1) is 0 Å². The summed E-state index contributed by atoms with van der Waals surface area (Å²) in [5.41, 5.74) is 3.01. The molecular weight excluding hydrogens is 284 g/mol. The minimum atomic E-state index is -0.490. The number of rotatable bonds is 6. The summed E-state index contributed by atoms with van der Waals surface area (Å²) in [6.07, 6.45) is 0.0747. The van der Waals surface area contributed by atoms with Crippen molar-refractivity contribution in [2.75, 3.05) is 11.9 Å². The first kappa shape index (κ1) is 15.5. The highest BCUT2D eigenvalue weighted by Gasteiger charge is 2.05. The molecule has 2 aromatic carbocycles. The van der Waals surface area contributed by atoms with E-state index in [4.69, 9.17) is 9.94 Å². The molecule has 0 aromatic heterocycles. The summed E-state index contributed by atoms with van der Waals surface area (Å²) in [6.45, 7) is -0.106. The third-order valence-electron chi connectivity index (χ3n) is 2.84. The van der Waals surface area contributed by atoms with Crippen LogP contribution >= 0.6 is 0 Å². The fourth-order valence-electron chi connectivity index (χ4n) is 1.80. The van der Waals surface area contributed by atoms with E-state index in [1.807, 2.05) is 18.2 Å². The lowest BCUT2D eigenvalue weighted by molar-refractivity contribution is -0.128. The zero-order valence-corrected chi connectivity index (χ0v) is 11.8. The zero-order valence-electron chi connectivity index (χ0n) is 11.8. The zero-order chi connectivity index (χ0) is 15.8. The Bertz CT molecular complexity index is 626. The molecule has 3 N–H and O–H groups in total. The number of nitrogens with one attached hydrogen (secondary N) is 2. The molecular formula is C16H16N2O4. The summed E-state index contributed by atoms with van der Waals surface area (Å²) in [7, 11) is 0. The van der Waals surface area contributed by atoms with E-state index in [1.54, 1.807) is 41.9 Å². The summed E-state index contributed by atoms with van der Waals surface area (Å²) in [6, 6.07) is 15.8. The maximum absolute atomic E-state index is 11.7. The van der Waals surface area contributed by atoms with Gasteiger partial charge in [-0.3, -0.25) is 14.8 Å². The lowest BCUT2D eigenvalue weighted by atomic mass is 10.1. The Balaban J connectivity index is 1.81. The van der Waals surface area contributed by atoms with Crippen LogP contribution in [0.2, 0.25) is 0 Å². The second-order valence-corrected chi connectivity index (χ2v) is 4.56. The number of hydroxylamine groups is 1. The van der Waals surface area contributed by atoms with Crippen LogP contribution in [0.25, 0.3) is 0 Å². The number of hydrogen-bond donors (Lipinski definition) is 3. The maximum atomic E-state index is 11.7. The van der Waals surface area contributed by atoms with Gasteiger partial charge in [-0.2, -0.15) is 0 Å². The van der Waals surface area contributed by atoms with E-state index >= 15 is 0 Å². The monoisotopic (exact) mass is 300 g/mol. The molecule has 0 aliphatic rings. The molecule has 0 bridgehead atoms. The van der Waals surface area contributed by atoms with Crippen LogP contribution < -0.4 is 15.5 Å². The van der Waals surface area contributed by atoms with E-state index in [0.717, 1.165) is 5.56 Å². The fourth-order valence-corrected chi connectivity index (χ4v) is 1.80. The SMILES string of the molecule is O=C(Cc1ccc(OCC(=O)Nc2ccccc2)cc1)NO. The van der Waals surface area contributed by atoms with Crippen molar-refractivity contribution in [1.82, 2.24) is 5.48 Å². The van der Waals surface area contributed by atoms with Gasteiger partial charge >= 0.3 is 0 Å². The number of hydrogen-bond acceptors (Lipinski definition) is 4. The van der Waals surface area contributed by atoms with Gasteiger partial charge in [0.15, 0.2) is 6.61 Å². The molecule has 0 radical (unpaired) electrons. The van der Waals surface area contributed by atoms with Crippen LogP contribution in [0.1, 0.15) is 5.56 Å². The van der Waals surface area contributed by atoms with Crippen LogP contribution in [-0.2, 0) is 16.0 Å². The van der Waals surface area contributed by atoms with Gasteiger partial charge < -0.3 is 10.1 Å². The van der Waals surface area contributed by atoms with E-state index < -0.39 is 5.91 Å². The van der Waals surface area contributed by atoms with Crippen LogP contribution in [0.3, 0.4) is 0 Å². The smallest absolute Gasteiger partial charge is 0.262 e. The average molecular weight is 300 g/mol. The van der Waals surface area contributed by atoms with E-state index in [-0.39, 0.29) is 18.9 Å². The molecule has 0 heterocycles. The Morgan fingerprint density at radius 3 is 2.27 bits per heavy atom. The van der Waals surface area contributed by atoms with Crippen molar-refractivity contribution in [3.05, 3.63) is 60.2 Å². The van der Waals surface area contributed by atoms with Crippen LogP contribution in [-0.4, -0.2) is 23.6 Å². The lowest BCUT2D eigenvalue weighted by Crippen LogP contribution is -2.21. The van der Waals surface area contributed by atoms with E-state index in [9.17, 15) is 9.59 Å². The van der Waals surface area contributed by atoms with Gasteiger partial charge in [0.05, 0.1) is 6.42 Å². The summed E-state index contributed by atoms with van der Waals surface area (Å²) < 4.78 is 5.36. The van der Waals surface area contributed by atoms with Crippen molar-refractivity contribution in [3.8, 4) is 5.75 Å². The molecule has 2 rings (SSSR count). The third-order valence-corrected chi connectivity index (χ3v) is 2.84. The molecule has 0 fully saturated rings. The van der Waals surface area contributed by atoms with Gasteiger partial charge in [0, 0.05) is 5.69 Å². The first-order valence-electron chi connectivity index (χ1n) is 6.67. The van der Waals surface area contributed by atoms with Gasteiger partial charge in [0.2, 0.25) is 5.91 Å². The standard InChI is InChI=1S/C16H16N2O4/c19-15(18-21)10-12-6-8-14(9-7-12)22-11-16(20)17-13-4-2-1-3-5-13/h1-9,21H,10-11H2,(H,17,20)(H,18,19). The minimum absolute atomic E-state index is 0.0747. The number of benzene rings is 2. The van der Waals surface area contributed by atoms with Crippen LogP contribution in [0.15, 0.2) is 54.6 Å². The first-order chi connectivity index (χ1) is 10.7. The highest BCUT2D eigenvalue weighted by molar-refractivity contribution is 5.91. The van der Waals surface area contributed by atoms with Crippen molar-refractivity contribution in [2.45, 2.75) is 6.42 Å². The molecule has 0 saturated carbocycles. The highest BCUT2D eigenvalue weighted by atomic mass is 16.5. The molecule has 0 aliphatic carbocycles. The largest absolute Gasteiger partial charge is 0.484 e. The fraction of sp³-hybridized carbons (Fsp3) is 0.125. The third kappa shape index (κ3) is 4.92. The van der Waals surface area contributed by atoms with Crippen molar-refractivity contribution in [2.24, 2.45) is 0 Å². The van der Waals surface area contributed by atoms with Gasteiger partial charge in [-0.1, -0.05) is 30.3 Å². The van der Waals surface area contributed by atoms with E-state index in [1.165, 1.54) is 0 Å². The van der Waals surface area contributed by atoms with Gasteiger partial charge in [0.1, 0.15) is 5.75 Å². The van der Waals surface area contributed by atoms with Gasteiger partial charge in [-0.25, -0.2) is 5.48 Å². The van der Waals surface area contributed by atoms with E-state index in [2.05, 4.69) is 5.32 Å². The molecule has 2 amide bonds. The highest BCUT2D eigenvalue weighted by Crippen LogP contribution is 2.13. The summed E-state index contributed by atoms with van der Waals surface area (Å²) >= 11 is 0. The number of carbonyl (C=O) groups excluding carboxylic acids is 2. The number of anilines is 1. The predicted octanol–water partition coefficient (Wildman–Crippen LogP) is 1.75. The van der Waals surface area contributed by atoms with Crippen molar-refractivity contribution < 1.29 is 19.5 Å². The Morgan fingerprint density at radius 2 is 1.64 bits per heavy atom. The van der Waals surface area contributed by atoms with Gasteiger partial charge in [-0.15, -0.1) is 0 Å². The predicted molar refractivity (Wildman–Crippen MR) is 80.6 cm³/mol. The van der Waals surface area contributed by atoms with E-state index in [0.29, 0.717) is 11.4 Å². The molecule has 0 unspecified atom stereocenters. The Morgan fingerprint density at radius 1 is 0.955 bits per heavy atom. The van der Waals surface area contributed by atoms with Crippen LogP contribution in [0.5, 0.6) is 5.75 Å². The number of para-hydroxylation sites is 1. The molecule has 0 saturated heterocycles. The Hall–Kier alpha value is -2.86. The number of carbonyl (C=O) groups is 2. The first-order valence-corrected chi connectivity index (χ1v) is 6.67. The molecule has 114 valence electrons. The van der Waals surface area contributed by atoms with Gasteiger partial charge in [0.25, 0.3) is 5.91 Å². The normalized spacial score (nSPS) is 9.86. The molecule has 0 spiro atoms. The Labute approximate surface area is 127 Å². The van der Waals surface area contributed by atoms with Crippen LogP contribution in [0.4, 0.5) is 5.69 Å². The molecule has 0 aliphatic heterocycles. The van der Waals surface area contributed by atoms with Gasteiger partial charge in [-0.05, 0) is 29.8 Å². The quantitative estimate of drug-likeness (QED) is 0.560. The molecule has 2 aromatic rings. The summed E-state index contributed by atoms with van der Waals surface area (Å²) in [5.74, 6) is -0.220. The number of ether oxygens (including phenoxy) is 1. The molecule has 6 nitrogen and oxygen atoms in total. The summed E-state index contributed by atoms with van der Waals surface area (Å²) in [4.78, 5) is 22.7. The topological polar surface area (TPSA) is 87.7 Å². The summed E-state index contributed by atoms with van der Waals surface area (Å²) in [5, 5.41) is 11.2. The second kappa shape index (κ2) is 7.80. The lowest BCUT2D eigenvalue weighted by Gasteiger charge is -2.08. The Kier molecular flexibility index (Phi) is 5.50. The van der Waals surface area contributed by atoms with Crippen molar-refractivity contribution in [3.63, 3.8) is 0 Å². The minimum Gasteiger partial charge on any atom is -0.484 e. The maximum Gasteiger partial charge on any atom is 0.262 e.